The third-order valence-electron chi connectivity index (χ3n) is 3.17. The van der Waals surface area contributed by atoms with Gasteiger partial charge in [-0.1, -0.05) is 19.1 Å². The average molecular weight is 239 g/mol. The normalized spacial score (nSPS) is 13.2. The van der Waals surface area contributed by atoms with Crippen LogP contribution in [0.4, 0.5) is 0 Å². The first-order chi connectivity index (χ1) is 8.17. The van der Waals surface area contributed by atoms with Crippen molar-refractivity contribution in [3.05, 3.63) is 11.9 Å². The molecule has 0 aromatic carbocycles. The average Bonchev–Trinajstić information content (AvgIpc) is 2.80. The van der Waals surface area contributed by atoms with Gasteiger partial charge in [0.2, 0.25) is 0 Å². The number of hydrogen-bond acceptors (Lipinski definition) is 4. The summed E-state index contributed by atoms with van der Waals surface area (Å²) in [6.07, 6.45) is 3.20. The van der Waals surface area contributed by atoms with E-state index in [1.807, 2.05) is 10.9 Å². The van der Waals surface area contributed by atoms with Gasteiger partial charge in [0.05, 0.1) is 12.2 Å². The lowest BCUT2D eigenvalue weighted by molar-refractivity contribution is 0.238. The van der Waals surface area contributed by atoms with Crippen LogP contribution in [0.25, 0.3) is 0 Å². The van der Waals surface area contributed by atoms with Crippen molar-refractivity contribution in [3.8, 4) is 0 Å². The summed E-state index contributed by atoms with van der Waals surface area (Å²) in [5, 5.41) is 11.5. The number of hydrogen-bond donors (Lipinski definition) is 1. The number of aromatic nitrogens is 3. The predicted molar refractivity (Wildman–Crippen MR) is 69.8 cm³/mol. The maximum atomic E-state index is 4.13. The lowest BCUT2D eigenvalue weighted by Gasteiger charge is -2.22. The first-order valence-corrected chi connectivity index (χ1v) is 6.47. The van der Waals surface area contributed by atoms with Crippen molar-refractivity contribution < 1.29 is 0 Å². The third kappa shape index (κ3) is 4.83. The summed E-state index contributed by atoms with van der Waals surface area (Å²) < 4.78 is 1.92. The van der Waals surface area contributed by atoms with Crippen molar-refractivity contribution in [2.45, 2.75) is 46.3 Å². The Morgan fingerprint density at radius 3 is 2.88 bits per heavy atom. The number of rotatable bonds is 8. The largest absolute Gasteiger partial charge is 0.311 e. The van der Waals surface area contributed by atoms with Gasteiger partial charge in [-0.05, 0) is 26.9 Å². The Bertz CT molecular complexity index is 310. The second kappa shape index (κ2) is 7.40. The highest BCUT2D eigenvalue weighted by Crippen LogP contribution is 2.00. The first-order valence-electron chi connectivity index (χ1n) is 6.47. The molecular weight excluding hydrogens is 214 g/mol. The zero-order chi connectivity index (χ0) is 12.7. The monoisotopic (exact) mass is 239 g/mol. The predicted octanol–water partition coefficient (Wildman–Crippen LogP) is 1.12. The zero-order valence-corrected chi connectivity index (χ0v) is 11.5. The van der Waals surface area contributed by atoms with E-state index < -0.39 is 0 Å². The van der Waals surface area contributed by atoms with Gasteiger partial charge in [-0.3, -0.25) is 4.68 Å². The molecule has 17 heavy (non-hydrogen) atoms. The molecule has 0 saturated heterocycles. The summed E-state index contributed by atoms with van der Waals surface area (Å²) in [5.74, 6) is 0. The van der Waals surface area contributed by atoms with Crippen LogP contribution < -0.4 is 5.32 Å². The highest BCUT2D eigenvalue weighted by atomic mass is 15.4. The molecule has 5 nitrogen and oxygen atoms in total. The molecule has 0 saturated carbocycles. The van der Waals surface area contributed by atoms with Crippen LogP contribution in [-0.2, 0) is 13.1 Å². The zero-order valence-electron chi connectivity index (χ0n) is 11.5. The van der Waals surface area contributed by atoms with Crippen LogP contribution in [0.15, 0.2) is 6.20 Å². The Morgan fingerprint density at radius 1 is 1.47 bits per heavy atom. The molecule has 0 fully saturated rings. The maximum Gasteiger partial charge on any atom is 0.0964 e. The molecule has 0 aliphatic heterocycles. The molecule has 0 aliphatic carbocycles. The Balaban J connectivity index is 2.34. The van der Waals surface area contributed by atoms with Gasteiger partial charge in [-0.15, -0.1) is 5.10 Å². The first kappa shape index (κ1) is 14.1. The van der Waals surface area contributed by atoms with Crippen molar-refractivity contribution in [1.82, 2.24) is 25.2 Å². The SMILES string of the molecule is CCNCc1cn(CCN(C)C(C)CC)nn1. The molecule has 1 heterocycles. The summed E-state index contributed by atoms with van der Waals surface area (Å²) >= 11 is 0. The van der Waals surface area contributed by atoms with E-state index >= 15 is 0 Å². The van der Waals surface area contributed by atoms with E-state index in [9.17, 15) is 0 Å². The van der Waals surface area contributed by atoms with Crippen molar-refractivity contribution in [2.75, 3.05) is 20.1 Å². The van der Waals surface area contributed by atoms with Crippen LogP contribution in [0.2, 0.25) is 0 Å². The summed E-state index contributed by atoms with van der Waals surface area (Å²) in [4.78, 5) is 2.35. The molecule has 0 radical (unpaired) electrons. The van der Waals surface area contributed by atoms with E-state index in [0.717, 1.165) is 31.9 Å². The Kier molecular flexibility index (Phi) is 6.15. The molecule has 0 aliphatic rings. The Labute approximate surface area is 104 Å². The summed E-state index contributed by atoms with van der Waals surface area (Å²) in [6.45, 7) is 10.2. The molecular formula is C12H25N5. The van der Waals surface area contributed by atoms with Gasteiger partial charge in [0.25, 0.3) is 0 Å². The topological polar surface area (TPSA) is 46.0 Å². The van der Waals surface area contributed by atoms with Crippen molar-refractivity contribution in [3.63, 3.8) is 0 Å². The van der Waals surface area contributed by atoms with Crippen LogP contribution in [0.3, 0.4) is 0 Å². The lowest BCUT2D eigenvalue weighted by Crippen LogP contribution is -2.31. The van der Waals surface area contributed by atoms with Crippen LogP contribution in [-0.4, -0.2) is 46.1 Å². The summed E-state index contributed by atoms with van der Waals surface area (Å²) in [5.41, 5.74) is 1.01. The molecule has 1 aromatic heterocycles. The number of likely N-dealkylation sites (N-methyl/N-ethyl adjacent to an activating group) is 1. The minimum absolute atomic E-state index is 0.625. The highest BCUT2D eigenvalue weighted by Gasteiger charge is 2.07. The number of nitrogens with one attached hydrogen (secondary N) is 1. The molecule has 1 aromatic rings. The van der Waals surface area contributed by atoms with Gasteiger partial charge in [-0.2, -0.15) is 0 Å². The van der Waals surface area contributed by atoms with Gasteiger partial charge >= 0.3 is 0 Å². The second-order valence-electron chi connectivity index (χ2n) is 4.49. The standard InChI is InChI=1S/C12H25N5/c1-5-11(3)16(4)7-8-17-10-12(14-15-17)9-13-6-2/h10-11,13H,5-9H2,1-4H3. The maximum absolute atomic E-state index is 4.13. The molecule has 0 amide bonds. The van der Waals surface area contributed by atoms with Crippen molar-refractivity contribution in [2.24, 2.45) is 0 Å². The fourth-order valence-corrected chi connectivity index (χ4v) is 1.57. The molecule has 5 heteroatoms. The molecule has 98 valence electrons. The van der Waals surface area contributed by atoms with E-state index in [-0.39, 0.29) is 0 Å². The van der Waals surface area contributed by atoms with Crippen LogP contribution >= 0.6 is 0 Å². The van der Waals surface area contributed by atoms with Gasteiger partial charge in [-0.25, -0.2) is 0 Å². The Hall–Kier alpha value is -0.940. The van der Waals surface area contributed by atoms with Gasteiger partial charge in [0.15, 0.2) is 0 Å². The molecule has 1 atom stereocenters. The third-order valence-corrected chi connectivity index (χ3v) is 3.17. The van der Waals surface area contributed by atoms with Crippen molar-refractivity contribution in [1.29, 1.82) is 0 Å². The van der Waals surface area contributed by atoms with Crippen molar-refractivity contribution >= 4 is 0 Å². The van der Waals surface area contributed by atoms with E-state index in [0.29, 0.717) is 6.04 Å². The fraction of sp³-hybridized carbons (Fsp3) is 0.833. The van der Waals surface area contributed by atoms with Crippen LogP contribution in [0.1, 0.15) is 32.9 Å². The molecule has 0 spiro atoms. The van der Waals surface area contributed by atoms with Gasteiger partial charge in [0.1, 0.15) is 0 Å². The van der Waals surface area contributed by atoms with E-state index in [1.165, 1.54) is 6.42 Å². The smallest absolute Gasteiger partial charge is 0.0964 e. The minimum atomic E-state index is 0.625. The minimum Gasteiger partial charge on any atom is -0.311 e. The van der Waals surface area contributed by atoms with Gasteiger partial charge < -0.3 is 10.2 Å². The quantitative estimate of drug-likeness (QED) is 0.738. The Morgan fingerprint density at radius 2 is 2.24 bits per heavy atom. The van der Waals surface area contributed by atoms with E-state index in [1.54, 1.807) is 0 Å². The van der Waals surface area contributed by atoms with E-state index in [2.05, 4.69) is 48.3 Å². The molecule has 1 rings (SSSR count). The van der Waals surface area contributed by atoms with E-state index in [4.69, 9.17) is 0 Å². The summed E-state index contributed by atoms with van der Waals surface area (Å²) in [6, 6.07) is 0.625. The van der Waals surface area contributed by atoms with Crippen LogP contribution in [0, 0.1) is 0 Å². The van der Waals surface area contributed by atoms with Crippen LogP contribution in [0.5, 0.6) is 0 Å². The second-order valence-corrected chi connectivity index (χ2v) is 4.49. The number of nitrogens with zero attached hydrogens (tertiary/aromatic N) is 4. The summed E-state index contributed by atoms with van der Waals surface area (Å²) in [7, 11) is 2.16. The highest BCUT2D eigenvalue weighted by molar-refractivity contribution is 4.91. The molecule has 0 bridgehead atoms. The molecule has 1 unspecified atom stereocenters. The fourth-order valence-electron chi connectivity index (χ4n) is 1.57. The van der Waals surface area contributed by atoms with Gasteiger partial charge in [0, 0.05) is 25.3 Å². The lowest BCUT2D eigenvalue weighted by atomic mass is 10.2. The molecule has 1 N–H and O–H groups in total.